The van der Waals surface area contributed by atoms with Gasteiger partial charge in [0.05, 0.1) is 11.1 Å². The second kappa shape index (κ2) is 7.97. The third-order valence-electron chi connectivity index (χ3n) is 3.27. The van der Waals surface area contributed by atoms with E-state index < -0.39 is 0 Å². The zero-order chi connectivity index (χ0) is 17.7. The smallest absolute Gasteiger partial charge is 0.255 e. The Balaban J connectivity index is 2.16. The second-order valence-electron chi connectivity index (χ2n) is 5.31. The molecule has 0 spiro atoms. The molecule has 0 saturated carbocycles. The molecular formula is C18H19BrN2O3. The fraction of sp³-hybridized carbons (Fsp3) is 0.222. The van der Waals surface area contributed by atoms with Crippen molar-refractivity contribution in [1.82, 2.24) is 4.90 Å². The second-order valence-corrected chi connectivity index (χ2v) is 6.17. The number of nitrogens with one attached hydrogen (secondary N) is 1. The largest absolute Gasteiger partial charge is 0.493 e. The number of hydrogen-bond donors (Lipinski definition) is 1. The van der Waals surface area contributed by atoms with Gasteiger partial charge in [-0.2, -0.15) is 0 Å². The van der Waals surface area contributed by atoms with Gasteiger partial charge < -0.3 is 15.0 Å². The van der Waals surface area contributed by atoms with Crippen LogP contribution in [-0.2, 0) is 0 Å². The van der Waals surface area contributed by atoms with Crippen molar-refractivity contribution in [2.75, 3.05) is 26.0 Å². The molecule has 0 radical (unpaired) electrons. The molecule has 0 aliphatic rings. The Morgan fingerprint density at radius 1 is 1.12 bits per heavy atom. The van der Waals surface area contributed by atoms with Crippen LogP contribution in [0.25, 0.3) is 0 Å². The number of hydrogen-bond acceptors (Lipinski definition) is 3. The van der Waals surface area contributed by atoms with Crippen molar-refractivity contribution in [2.24, 2.45) is 0 Å². The minimum Gasteiger partial charge on any atom is -0.493 e. The highest BCUT2D eigenvalue weighted by molar-refractivity contribution is 9.10. The molecule has 0 aliphatic carbocycles. The minimum absolute atomic E-state index is 0.116. The summed E-state index contributed by atoms with van der Waals surface area (Å²) >= 11 is 3.39. The average molecular weight is 391 g/mol. The molecule has 1 N–H and O–H groups in total. The SMILES string of the molecule is CCOc1ccc(C(=O)Nc2cccc(C(=O)N(C)C)c2)cc1Br. The maximum atomic E-state index is 12.4. The first kappa shape index (κ1) is 18.0. The molecule has 0 saturated heterocycles. The van der Waals surface area contributed by atoms with Crippen LogP contribution in [0, 0.1) is 0 Å². The molecule has 0 atom stereocenters. The summed E-state index contributed by atoms with van der Waals surface area (Å²) in [5.41, 5.74) is 1.58. The standard InChI is InChI=1S/C18H19BrN2O3/c1-4-24-16-9-8-12(11-15(16)19)17(22)20-14-7-5-6-13(10-14)18(23)21(2)3/h5-11H,4H2,1-3H3,(H,20,22). The molecule has 6 heteroatoms. The molecule has 2 aromatic rings. The quantitative estimate of drug-likeness (QED) is 0.844. The van der Waals surface area contributed by atoms with Crippen LogP contribution < -0.4 is 10.1 Å². The Morgan fingerprint density at radius 2 is 1.88 bits per heavy atom. The molecule has 126 valence electrons. The van der Waals surface area contributed by atoms with Gasteiger partial charge in [-0.3, -0.25) is 9.59 Å². The highest BCUT2D eigenvalue weighted by Crippen LogP contribution is 2.26. The Bertz CT molecular complexity index is 760. The number of rotatable bonds is 5. The van der Waals surface area contributed by atoms with Gasteiger partial charge in [0.2, 0.25) is 0 Å². The highest BCUT2D eigenvalue weighted by atomic mass is 79.9. The number of benzene rings is 2. The van der Waals surface area contributed by atoms with Crippen molar-refractivity contribution in [1.29, 1.82) is 0 Å². The van der Waals surface area contributed by atoms with Crippen molar-refractivity contribution in [3.63, 3.8) is 0 Å². The van der Waals surface area contributed by atoms with Crippen LogP contribution in [0.4, 0.5) is 5.69 Å². The lowest BCUT2D eigenvalue weighted by atomic mass is 10.1. The predicted octanol–water partition coefficient (Wildman–Crippen LogP) is 3.80. The van der Waals surface area contributed by atoms with Gasteiger partial charge in [0, 0.05) is 30.9 Å². The van der Waals surface area contributed by atoms with Crippen LogP contribution in [0.2, 0.25) is 0 Å². The zero-order valence-electron chi connectivity index (χ0n) is 13.8. The summed E-state index contributed by atoms with van der Waals surface area (Å²) in [4.78, 5) is 25.9. The monoisotopic (exact) mass is 390 g/mol. The van der Waals surface area contributed by atoms with E-state index >= 15 is 0 Å². The van der Waals surface area contributed by atoms with Gasteiger partial charge in [-0.1, -0.05) is 6.07 Å². The Morgan fingerprint density at radius 3 is 2.50 bits per heavy atom. The lowest BCUT2D eigenvalue weighted by Gasteiger charge is -2.12. The molecule has 2 rings (SSSR count). The minimum atomic E-state index is -0.256. The first-order chi connectivity index (χ1) is 11.4. The van der Waals surface area contributed by atoms with Gasteiger partial charge >= 0.3 is 0 Å². The summed E-state index contributed by atoms with van der Waals surface area (Å²) in [6.45, 7) is 2.45. The van der Waals surface area contributed by atoms with Crippen molar-refractivity contribution in [3.05, 3.63) is 58.1 Å². The number of nitrogens with zero attached hydrogens (tertiary/aromatic N) is 1. The Labute approximate surface area is 149 Å². The summed E-state index contributed by atoms with van der Waals surface area (Å²) in [5.74, 6) is 0.315. The fourth-order valence-electron chi connectivity index (χ4n) is 2.11. The van der Waals surface area contributed by atoms with Crippen LogP contribution in [-0.4, -0.2) is 37.4 Å². The van der Waals surface area contributed by atoms with Crippen LogP contribution in [0.3, 0.4) is 0 Å². The molecule has 0 fully saturated rings. The number of amides is 2. The zero-order valence-corrected chi connectivity index (χ0v) is 15.4. The molecule has 0 aromatic heterocycles. The molecule has 2 aromatic carbocycles. The number of anilines is 1. The van der Waals surface area contributed by atoms with Crippen LogP contribution in [0.1, 0.15) is 27.6 Å². The molecule has 5 nitrogen and oxygen atoms in total. The molecular weight excluding hydrogens is 372 g/mol. The number of carbonyl (C=O) groups excluding carboxylic acids is 2. The lowest BCUT2D eigenvalue weighted by molar-refractivity contribution is 0.0827. The van der Waals surface area contributed by atoms with E-state index in [4.69, 9.17) is 4.74 Å². The summed E-state index contributed by atoms with van der Waals surface area (Å²) < 4.78 is 6.15. The first-order valence-electron chi connectivity index (χ1n) is 7.47. The van der Waals surface area contributed by atoms with Gasteiger partial charge in [0.25, 0.3) is 11.8 Å². The number of ether oxygens (including phenoxy) is 1. The van der Waals surface area contributed by atoms with Crippen LogP contribution in [0.15, 0.2) is 46.9 Å². The maximum absolute atomic E-state index is 12.4. The van der Waals surface area contributed by atoms with Gasteiger partial charge in [-0.05, 0) is 59.3 Å². The molecule has 0 aliphatic heterocycles. The maximum Gasteiger partial charge on any atom is 0.255 e. The summed E-state index contributed by atoms with van der Waals surface area (Å²) in [7, 11) is 3.37. The molecule has 24 heavy (non-hydrogen) atoms. The normalized spacial score (nSPS) is 10.2. The average Bonchev–Trinajstić information content (AvgIpc) is 2.56. The van der Waals surface area contributed by atoms with Crippen LogP contribution >= 0.6 is 15.9 Å². The third-order valence-corrected chi connectivity index (χ3v) is 3.89. The number of carbonyl (C=O) groups is 2. The van der Waals surface area contributed by atoms with Gasteiger partial charge in [0.1, 0.15) is 5.75 Å². The van der Waals surface area contributed by atoms with Crippen molar-refractivity contribution in [2.45, 2.75) is 6.92 Å². The van der Waals surface area contributed by atoms with E-state index in [1.807, 2.05) is 6.92 Å². The molecule has 0 heterocycles. The topological polar surface area (TPSA) is 58.6 Å². The Kier molecular flexibility index (Phi) is 5.98. The van der Waals surface area contributed by atoms with Crippen LogP contribution in [0.5, 0.6) is 5.75 Å². The lowest BCUT2D eigenvalue weighted by Crippen LogP contribution is -2.22. The van der Waals surface area contributed by atoms with Gasteiger partial charge in [0.15, 0.2) is 0 Å². The Hall–Kier alpha value is -2.34. The van der Waals surface area contributed by atoms with E-state index in [9.17, 15) is 9.59 Å². The first-order valence-corrected chi connectivity index (χ1v) is 8.27. The molecule has 0 unspecified atom stereocenters. The van der Waals surface area contributed by atoms with E-state index in [0.717, 1.165) is 0 Å². The molecule has 2 amide bonds. The van der Waals surface area contributed by atoms with Gasteiger partial charge in [-0.15, -0.1) is 0 Å². The molecule has 0 bridgehead atoms. The summed E-state index contributed by atoms with van der Waals surface area (Å²) in [6, 6.07) is 12.0. The van der Waals surface area contributed by atoms with E-state index in [-0.39, 0.29) is 11.8 Å². The van der Waals surface area contributed by atoms with Crippen molar-refractivity contribution >= 4 is 33.4 Å². The van der Waals surface area contributed by atoms with Crippen molar-refractivity contribution in [3.8, 4) is 5.75 Å². The summed E-state index contributed by atoms with van der Waals surface area (Å²) in [5, 5.41) is 2.80. The van der Waals surface area contributed by atoms with Gasteiger partial charge in [-0.25, -0.2) is 0 Å². The van der Waals surface area contributed by atoms with E-state index in [1.165, 1.54) is 4.90 Å². The fourth-order valence-corrected chi connectivity index (χ4v) is 2.60. The predicted molar refractivity (Wildman–Crippen MR) is 97.7 cm³/mol. The third kappa shape index (κ3) is 4.35. The van der Waals surface area contributed by atoms with Crippen molar-refractivity contribution < 1.29 is 14.3 Å². The summed E-state index contributed by atoms with van der Waals surface area (Å²) in [6.07, 6.45) is 0. The van der Waals surface area contributed by atoms with E-state index in [1.54, 1.807) is 56.6 Å². The highest BCUT2D eigenvalue weighted by Gasteiger charge is 2.12. The number of halogens is 1. The van der Waals surface area contributed by atoms with E-state index in [2.05, 4.69) is 21.2 Å². The van der Waals surface area contributed by atoms with E-state index in [0.29, 0.717) is 33.6 Å².